The predicted octanol–water partition coefficient (Wildman–Crippen LogP) is -0.428. The predicted molar refractivity (Wildman–Crippen MR) is 63.7 cm³/mol. The molecule has 0 fully saturated rings. The van der Waals surface area contributed by atoms with Gasteiger partial charge in [-0.05, 0) is 23.4 Å². The second kappa shape index (κ2) is 3.31. The number of rotatable bonds is 1. The Morgan fingerprint density at radius 3 is 3.00 bits per heavy atom. The number of ketones is 1. The van der Waals surface area contributed by atoms with Crippen LogP contribution in [0.25, 0.3) is 17.7 Å². The van der Waals surface area contributed by atoms with Crippen molar-refractivity contribution in [2.45, 2.75) is 6.42 Å². The van der Waals surface area contributed by atoms with E-state index >= 15 is 0 Å². The van der Waals surface area contributed by atoms with Crippen LogP contribution in [0.5, 0.6) is 0 Å². The molecular weight excluding hydrogens is 216 g/mol. The third-order valence-corrected chi connectivity index (χ3v) is 2.96. The van der Waals surface area contributed by atoms with Gasteiger partial charge in [0.05, 0.1) is 11.1 Å². The van der Waals surface area contributed by atoms with Gasteiger partial charge in [0.2, 0.25) is 5.91 Å². The summed E-state index contributed by atoms with van der Waals surface area (Å²) in [7, 11) is 0. The Balaban J connectivity index is 2.44. The molecule has 2 aromatic rings. The number of carbonyl (C=O) groups is 2. The molecule has 1 aliphatic rings. The van der Waals surface area contributed by atoms with Crippen LogP contribution in [0.3, 0.4) is 0 Å². The number of hydrogen-bond acceptors (Lipinski definition) is 2. The van der Waals surface area contributed by atoms with Gasteiger partial charge in [-0.25, -0.2) is 0 Å². The zero-order valence-corrected chi connectivity index (χ0v) is 9.01. The lowest BCUT2D eigenvalue weighted by molar-refractivity contribution is -0.112. The van der Waals surface area contributed by atoms with Crippen LogP contribution in [0.4, 0.5) is 0 Å². The second-order valence-electron chi connectivity index (χ2n) is 4.09. The molecule has 0 aliphatic heterocycles. The van der Waals surface area contributed by atoms with E-state index in [1.165, 1.54) is 0 Å². The van der Waals surface area contributed by atoms with E-state index in [0.29, 0.717) is 12.0 Å². The third-order valence-electron chi connectivity index (χ3n) is 2.96. The molecule has 4 heteroatoms. The molecule has 1 aliphatic carbocycles. The molecule has 84 valence electrons. The third kappa shape index (κ3) is 1.45. The maximum absolute atomic E-state index is 11.3. The van der Waals surface area contributed by atoms with Crippen LogP contribution in [0.15, 0.2) is 24.5 Å². The molecule has 0 aromatic carbocycles. The summed E-state index contributed by atoms with van der Waals surface area (Å²) in [5.41, 5.74) is 6.63. The lowest BCUT2D eigenvalue weighted by atomic mass is 10.1. The molecule has 3 rings (SSSR count). The molecule has 17 heavy (non-hydrogen) atoms. The lowest BCUT2D eigenvalue weighted by Gasteiger charge is -2.01. The van der Waals surface area contributed by atoms with Crippen LogP contribution in [0.2, 0.25) is 0 Å². The van der Waals surface area contributed by atoms with Gasteiger partial charge in [-0.1, -0.05) is 6.08 Å². The average molecular weight is 226 g/mol. The van der Waals surface area contributed by atoms with Crippen LogP contribution >= 0.6 is 0 Å². The topological polar surface area (TPSA) is 64.6 Å². The van der Waals surface area contributed by atoms with Crippen molar-refractivity contribution in [1.29, 1.82) is 0 Å². The van der Waals surface area contributed by atoms with Crippen LogP contribution in [0, 0.1) is 0 Å². The quantitative estimate of drug-likeness (QED) is 0.717. The summed E-state index contributed by atoms with van der Waals surface area (Å²) in [6.07, 6.45) is 7.44. The number of nitrogens with zero attached hydrogens (tertiary/aromatic N) is 1. The Morgan fingerprint density at radius 2 is 2.24 bits per heavy atom. The Morgan fingerprint density at radius 1 is 1.41 bits per heavy atom. The molecule has 0 bridgehead atoms. The molecule has 0 atom stereocenters. The first-order chi connectivity index (χ1) is 8.15. The first-order valence-corrected chi connectivity index (χ1v) is 5.30. The minimum atomic E-state index is -0.446. The van der Waals surface area contributed by atoms with Crippen molar-refractivity contribution in [3.8, 4) is 0 Å². The van der Waals surface area contributed by atoms with E-state index in [-0.39, 0.29) is 5.78 Å². The normalized spacial score (nSPS) is 14.0. The van der Waals surface area contributed by atoms with E-state index in [0.717, 1.165) is 16.0 Å². The Kier molecular flexibility index (Phi) is 1.92. The van der Waals surface area contributed by atoms with Gasteiger partial charge in [0.15, 0.2) is 5.78 Å². The first-order valence-electron chi connectivity index (χ1n) is 5.30. The lowest BCUT2D eigenvalue weighted by Crippen LogP contribution is -2.30. The number of carbonyl (C=O) groups excluding carboxylic acids is 2. The van der Waals surface area contributed by atoms with Crippen LogP contribution in [0.1, 0.15) is 16.8 Å². The highest BCUT2D eigenvalue weighted by atomic mass is 16.1. The van der Waals surface area contributed by atoms with E-state index in [9.17, 15) is 9.59 Å². The summed E-state index contributed by atoms with van der Waals surface area (Å²) < 4.78 is 1.85. The monoisotopic (exact) mass is 226 g/mol. The maximum atomic E-state index is 11.3. The molecule has 2 N–H and O–H groups in total. The first kappa shape index (κ1) is 9.84. The number of amides is 1. The van der Waals surface area contributed by atoms with Crippen LogP contribution < -0.4 is 16.2 Å². The minimum absolute atomic E-state index is 0.100. The van der Waals surface area contributed by atoms with E-state index in [1.807, 2.05) is 22.7 Å². The van der Waals surface area contributed by atoms with Crippen molar-refractivity contribution in [2.75, 3.05) is 0 Å². The molecule has 1 amide bonds. The molecule has 0 spiro atoms. The molecule has 4 nitrogen and oxygen atoms in total. The van der Waals surface area contributed by atoms with Crippen molar-refractivity contribution >= 4 is 29.4 Å². The van der Waals surface area contributed by atoms with Crippen molar-refractivity contribution in [1.82, 2.24) is 4.40 Å². The van der Waals surface area contributed by atoms with Gasteiger partial charge in [0.25, 0.3) is 0 Å². The Bertz CT molecular complexity index is 769. The van der Waals surface area contributed by atoms with Gasteiger partial charge in [-0.2, -0.15) is 0 Å². The Hall–Kier alpha value is -2.36. The average Bonchev–Trinajstić information content (AvgIpc) is 2.72. The van der Waals surface area contributed by atoms with E-state index in [4.69, 9.17) is 5.73 Å². The molecule has 0 saturated carbocycles. The Labute approximate surface area is 96.7 Å². The van der Waals surface area contributed by atoms with Crippen LogP contribution in [-0.4, -0.2) is 16.1 Å². The highest BCUT2D eigenvalue weighted by Gasteiger charge is 2.08. The number of hydrogen-bond donors (Lipinski definition) is 1. The van der Waals surface area contributed by atoms with Gasteiger partial charge in [0.1, 0.15) is 0 Å². The summed E-state index contributed by atoms with van der Waals surface area (Å²) in [5.74, 6) is -0.346. The van der Waals surface area contributed by atoms with Crippen molar-refractivity contribution in [3.05, 3.63) is 40.5 Å². The van der Waals surface area contributed by atoms with E-state index < -0.39 is 5.91 Å². The zero-order valence-electron chi connectivity index (χ0n) is 9.01. The maximum Gasteiger partial charge on any atom is 0.250 e. The highest BCUT2D eigenvalue weighted by molar-refractivity contribution is 6.09. The summed E-state index contributed by atoms with van der Waals surface area (Å²) in [4.78, 5) is 22.4. The van der Waals surface area contributed by atoms with Gasteiger partial charge >= 0.3 is 0 Å². The van der Waals surface area contributed by atoms with E-state index in [1.54, 1.807) is 18.3 Å². The molecule has 2 aromatic heterocycles. The van der Waals surface area contributed by atoms with Gasteiger partial charge < -0.3 is 10.1 Å². The fourth-order valence-electron chi connectivity index (χ4n) is 2.13. The number of Topliss-reactive ketones (excluding diaryl/α,β-unsaturated/α-hetero) is 1. The number of pyridine rings is 1. The number of aromatic nitrogens is 1. The van der Waals surface area contributed by atoms with Crippen molar-refractivity contribution in [3.63, 3.8) is 0 Å². The van der Waals surface area contributed by atoms with Crippen molar-refractivity contribution < 1.29 is 9.59 Å². The number of fused-ring (bicyclic) bond motifs is 3. The molecule has 2 heterocycles. The van der Waals surface area contributed by atoms with Gasteiger partial charge in [0, 0.05) is 24.0 Å². The van der Waals surface area contributed by atoms with Gasteiger partial charge in [-0.15, -0.1) is 0 Å². The molecular formula is C13H10N2O2. The summed E-state index contributed by atoms with van der Waals surface area (Å²) in [6.45, 7) is 0. The van der Waals surface area contributed by atoms with Crippen LogP contribution in [-0.2, 0) is 4.79 Å². The SMILES string of the molecule is NC(=O)c1cc2c3c(ccn2c1)=CC(=O)CC=3. The smallest absolute Gasteiger partial charge is 0.250 e. The number of nitrogens with two attached hydrogens (primary N) is 1. The molecule has 0 radical (unpaired) electrons. The van der Waals surface area contributed by atoms with Crippen molar-refractivity contribution in [2.24, 2.45) is 5.73 Å². The fourth-order valence-corrected chi connectivity index (χ4v) is 2.13. The summed E-state index contributed by atoms with van der Waals surface area (Å²) in [5, 5.41) is 1.88. The van der Waals surface area contributed by atoms with E-state index in [2.05, 4.69) is 0 Å². The summed E-state index contributed by atoms with van der Waals surface area (Å²) >= 11 is 0. The summed E-state index contributed by atoms with van der Waals surface area (Å²) in [6, 6.07) is 3.61. The second-order valence-corrected chi connectivity index (χ2v) is 4.09. The van der Waals surface area contributed by atoms with Gasteiger partial charge in [-0.3, -0.25) is 9.59 Å². The molecule has 0 saturated heterocycles. The largest absolute Gasteiger partial charge is 0.366 e. The fraction of sp³-hybridized carbons (Fsp3) is 0.0769. The molecule has 0 unspecified atom stereocenters. The highest BCUT2D eigenvalue weighted by Crippen LogP contribution is 2.05. The number of primary amides is 1. The zero-order chi connectivity index (χ0) is 12.0. The minimum Gasteiger partial charge on any atom is -0.366 e. The standard InChI is InChI=1S/C13H10N2O2/c14-13(17)9-6-12-11-2-1-10(16)5-8(11)3-4-15(12)7-9/h2-7H,1H2,(H2,14,17).